The van der Waals surface area contributed by atoms with Gasteiger partial charge in [-0.05, 0) is 70.6 Å². The minimum Gasteiger partial charge on any atom is -0.465 e. The Balaban J connectivity index is 1.61. The van der Waals surface area contributed by atoms with Gasteiger partial charge in [-0.15, -0.1) is 0 Å². The average molecular weight is 511 g/mol. The standard InChI is InChI=1S/C26H31FN6O4/c1-26(2,3)37-25(36)32(19-8-4-6-17(27)12-19)22-13-21(29-18-7-5-11-31(15-18)24(34)35)30-23-20(16-9-10-16)14-28-33(22)23/h4,6,8,12-14,16,18H,5,7,9-11,15H2,1-3H3,(H,29,30)(H,34,35). The predicted octanol–water partition coefficient (Wildman–Crippen LogP) is 5.37. The van der Waals surface area contributed by atoms with Crippen molar-refractivity contribution in [3.8, 4) is 0 Å². The van der Waals surface area contributed by atoms with Crippen LogP contribution in [0.3, 0.4) is 0 Å². The summed E-state index contributed by atoms with van der Waals surface area (Å²) in [6.07, 6.45) is 3.70. The lowest BCUT2D eigenvalue weighted by atomic mass is 10.1. The zero-order valence-electron chi connectivity index (χ0n) is 21.1. The highest BCUT2D eigenvalue weighted by atomic mass is 19.1. The monoisotopic (exact) mass is 510 g/mol. The molecule has 2 fully saturated rings. The van der Waals surface area contributed by atoms with Gasteiger partial charge in [-0.3, -0.25) is 0 Å². The molecule has 5 rings (SSSR count). The molecule has 0 radical (unpaired) electrons. The molecule has 37 heavy (non-hydrogen) atoms. The van der Waals surface area contributed by atoms with Gasteiger partial charge in [0.1, 0.15) is 23.1 Å². The number of fused-ring (bicyclic) bond motifs is 1. The van der Waals surface area contributed by atoms with Gasteiger partial charge in [-0.2, -0.15) is 9.61 Å². The van der Waals surface area contributed by atoms with Crippen LogP contribution in [0.5, 0.6) is 0 Å². The van der Waals surface area contributed by atoms with Gasteiger partial charge < -0.3 is 20.1 Å². The van der Waals surface area contributed by atoms with Crippen molar-refractivity contribution in [3.63, 3.8) is 0 Å². The van der Waals surface area contributed by atoms with Crippen molar-refractivity contribution in [1.82, 2.24) is 19.5 Å². The molecule has 0 bridgehead atoms. The molecule has 2 aromatic heterocycles. The number of benzene rings is 1. The van der Waals surface area contributed by atoms with Crippen molar-refractivity contribution < 1.29 is 23.8 Å². The number of halogens is 1. The Labute approximate surface area is 214 Å². The van der Waals surface area contributed by atoms with E-state index in [1.54, 1.807) is 43.6 Å². The highest BCUT2D eigenvalue weighted by Gasteiger charge is 2.32. The Hall–Kier alpha value is -3.89. The number of carbonyl (C=O) groups excluding carboxylic acids is 1. The summed E-state index contributed by atoms with van der Waals surface area (Å²) in [6, 6.07) is 7.25. The molecule has 1 saturated carbocycles. The fourth-order valence-electron chi connectivity index (χ4n) is 4.61. The number of nitrogens with one attached hydrogen (secondary N) is 1. The second-order valence-corrected chi connectivity index (χ2v) is 10.6. The number of rotatable bonds is 5. The molecule has 2 N–H and O–H groups in total. The van der Waals surface area contributed by atoms with Crippen molar-refractivity contribution in [2.75, 3.05) is 23.3 Å². The van der Waals surface area contributed by atoms with Crippen LogP contribution >= 0.6 is 0 Å². The van der Waals surface area contributed by atoms with E-state index in [-0.39, 0.29) is 11.7 Å². The molecule has 11 heteroatoms. The first-order valence-electron chi connectivity index (χ1n) is 12.5. The highest BCUT2D eigenvalue weighted by Crippen LogP contribution is 2.43. The molecule has 1 atom stereocenters. The maximum atomic E-state index is 14.3. The summed E-state index contributed by atoms with van der Waals surface area (Å²) >= 11 is 0. The van der Waals surface area contributed by atoms with E-state index in [9.17, 15) is 19.1 Å². The first-order chi connectivity index (χ1) is 17.6. The van der Waals surface area contributed by atoms with E-state index in [1.165, 1.54) is 28.0 Å². The maximum absolute atomic E-state index is 14.3. The number of anilines is 3. The fourth-order valence-corrected chi connectivity index (χ4v) is 4.61. The summed E-state index contributed by atoms with van der Waals surface area (Å²) < 4.78 is 21.6. The minimum atomic E-state index is -0.954. The summed E-state index contributed by atoms with van der Waals surface area (Å²) in [5, 5.41) is 17.4. The van der Waals surface area contributed by atoms with Gasteiger partial charge in [0.2, 0.25) is 0 Å². The second-order valence-electron chi connectivity index (χ2n) is 10.6. The molecule has 2 amide bonds. The van der Waals surface area contributed by atoms with Gasteiger partial charge >= 0.3 is 12.2 Å². The average Bonchev–Trinajstić information content (AvgIpc) is 3.57. The van der Waals surface area contributed by atoms with Gasteiger partial charge in [-0.25, -0.2) is 23.9 Å². The van der Waals surface area contributed by atoms with E-state index < -0.39 is 23.6 Å². The van der Waals surface area contributed by atoms with Gasteiger partial charge in [0.25, 0.3) is 0 Å². The molecule has 10 nitrogen and oxygen atoms in total. The SMILES string of the molecule is CC(C)(C)OC(=O)N(c1cccc(F)c1)c1cc(NC2CCCN(C(=O)O)C2)nc2c(C3CC3)cnn12. The van der Waals surface area contributed by atoms with Crippen LogP contribution in [0.1, 0.15) is 57.9 Å². The molecule has 1 aliphatic heterocycles. The van der Waals surface area contributed by atoms with Crippen LogP contribution in [-0.4, -0.2) is 61.5 Å². The lowest BCUT2D eigenvalue weighted by molar-refractivity contribution is 0.0597. The Morgan fingerprint density at radius 1 is 1.22 bits per heavy atom. The summed E-state index contributed by atoms with van der Waals surface area (Å²) in [7, 11) is 0. The number of nitrogens with zero attached hydrogens (tertiary/aromatic N) is 5. The molecular formula is C26H31FN6O4. The number of hydrogen-bond acceptors (Lipinski definition) is 6. The number of carbonyl (C=O) groups is 2. The maximum Gasteiger partial charge on any atom is 0.420 e. The third-order valence-corrected chi connectivity index (χ3v) is 6.41. The van der Waals surface area contributed by atoms with Crippen LogP contribution in [-0.2, 0) is 4.74 Å². The lowest BCUT2D eigenvalue weighted by Crippen LogP contribution is -2.44. The third kappa shape index (κ3) is 5.45. The summed E-state index contributed by atoms with van der Waals surface area (Å²) in [5.41, 5.74) is 1.06. The number of carboxylic acid groups (broad SMARTS) is 1. The van der Waals surface area contributed by atoms with Crippen LogP contribution in [0.15, 0.2) is 36.5 Å². The van der Waals surface area contributed by atoms with Crippen molar-refractivity contribution in [2.45, 2.75) is 64.0 Å². The summed E-state index contributed by atoms with van der Waals surface area (Å²) in [6.45, 7) is 6.11. The van der Waals surface area contributed by atoms with Crippen molar-refractivity contribution in [2.24, 2.45) is 0 Å². The van der Waals surface area contributed by atoms with Crippen LogP contribution in [0, 0.1) is 5.82 Å². The molecular weight excluding hydrogens is 479 g/mol. The lowest BCUT2D eigenvalue weighted by Gasteiger charge is -2.32. The van der Waals surface area contributed by atoms with Crippen LogP contribution in [0.4, 0.5) is 31.3 Å². The Morgan fingerprint density at radius 3 is 2.68 bits per heavy atom. The van der Waals surface area contributed by atoms with Gasteiger partial charge in [0.15, 0.2) is 5.65 Å². The molecule has 3 heterocycles. The van der Waals surface area contributed by atoms with E-state index >= 15 is 0 Å². The van der Waals surface area contributed by atoms with Gasteiger partial charge in [0, 0.05) is 30.8 Å². The highest BCUT2D eigenvalue weighted by molar-refractivity contribution is 5.96. The fraction of sp³-hybridized carbons (Fsp3) is 0.462. The van der Waals surface area contributed by atoms with Crippen molar-refractivity contribution in [3.05, 3.63) is 47.9 Å². The molecule has 196 valence electrons. The number of aromatic nitrogens is 3. The number of hydrogen-bond donors (Lipinski definition) is 2. The predicted molar refractivity (Wildman–Crippen MR) is 136 cm³/mol. The van der Waals surface area contributed by atoms with E-state index in [1.807, 2.05) is 0 Å². The third-order valence-electron chi connectivity index (χ3n) is 6.41. The molecule has 0 spiro atoms. The zero-order valence-corrected chi connectivity index (χ0v) is 21.1. The molecule has 1 aliphatic carbocycles. The van der Waals surface area contributed by atoms with Crippen molar-refractivity contribution in [1.29, 1.82) is 0 Å². The second kappa shape index (κ2) is 9.53. The van der Waals surface area contributed by atoms with Crippen LogP contribution in [0.2, 0.25) is 0 Å². The number of piperidine rings is 1. The Kier molecular flexibility index (Phi) is 6.38. The van der Waals surface area contributed by atoms with E-state index in [2.05, 4.69) is 10.4 Å². The Bertz CT molecular complexity index is 1330. The molecule has 2 aliphatic rings. The van der Waals surface area contributed by atoms with Crippen LogP contribution < -0.4 is 10.2 Å². The smallest absolute Gasteiger partial charge is 0.420 e. The topological polar surface area (TPSA) is 112 Å². The van der Waals surface area contributed by atoms with Crippen molar-refractivity contribution >= 4 is 35.2 Å². The molecule has 1 aromatic carbocycles. The first kappa shape index (κ1) is 24.8. The quantitative estimate of drug-likeness (QED) is 0.474. The Morgan fingerprint density at radius 2 is 2.00 bits per heavy atom. The number of amides is 2. The number of likely N-dealkylation sites (tertiary alicyclic amines) is 1. The number of ether oxygens (including phenoxy) is 1. The van der Waals surface area contributed by atoms with Crippen LogP contribution in [0.25, 0.3) is 5.65 Å². The summed E-state index contributed by atoms with van der Waals surface area (Å²) in [4.78, 5) is 32.5. The van der Waals surface area contributed by atoms with Gasteiger partial charge in [0.05, 0.1) is 11.9 Å². The zero-order chi connectivity index (χ0) is 26.3. The summed E-state index contributed by atoms with van der Waals surface area (Å²) in [5.74, 6) is 0.663. The molecule has 1 saturated heterocycles. The minimum absolute atomic E-state index is 0.149. The largest absolute Gasteiger partial charge is 0.465 e. The van der Waals surface area contributed by atoms with Gasteiger partial charge in [-0.1, -0.05) is 6.07 Å². The molecule has 3 aromatic rings. The molecule has 1 unspecified atom stereocenters. The normalized spacial score (nSPS) is 18.1. The van der Waals surface area contributed by atoms with E-state index in [0.717, 1.165) is 31.2 Å². The van der Waals surface area contributed by atoms with E-state index in [0.29, 0.717) is 36.3 Å². The first-order valence-corrected chi connectivity index (χ1v) is 12.5. The van der Waals surface area contributed by atoms with E-state index in [4.69, 9.17) is 9.72 Å².